The lowest BCUT2D eigenvalue weighted by atomic mass is 10.1. The Bertz CT molecular complexity index is 1870. The summed E-state index contributed by atoms with van der Waals surface area (Å²) >= 11 is 11.7. The minimum atomic E-state index is -1.06. The maximum Gasteiger partial charge on any atom is 0.519 e. The van der Waals surface area contributed by atoms with Crippen LogP contribution in [0.25, 0.3) is 21.5 Å². The number of carbonyl (C=O) groups excluding carboxylic acids is 4. The zero-order chi connectivity index (χ0) is 40.5. The summed E-state index contributed by atoms with van der Waals surface area (Å²) in [5.41, 5.74) is 3.84. The highest BCUT2D eigenvalue weighted by molar-refractivity contribution is 6.30. The molecule has 13 nitrogen and oxygen atoms in total. The predicted octanol–water partition coefficient (Wildman–Crippen LogP) is 10.9. The largest absolute Gasteiger partial charge is 0.519 e. The van der Waals surface area contributed by atoms with Crippen molar-refractivity contribution in [3.63, 3.8) is 0 Å². The van der Waals surface area contributed by atoms with Crippen molar-refractivity contribution in [2.45, 2.75) is 105 Å². The van der Waals surface area contributed by atoms with Gasteiger partial charge in [-0.2, -0.15) is 4.90 Å². The quantitative estimate of drug-likeness (QED) is 0.0639. The minimum Gasteiger partial charge on any atom is -0.443 e. The van der Waals surface area contributed by atoms with Crippen LogP contribution < -0.4 is 10.6 Å². The van der Waals surface area contributed by atoms with E-state index in [2.05, 4.69) is 14.7 Å². The van der Waals surface area contributed by atoms with E-state index in [1.165, 1.54) is 0 Å². The van der Waals surface area contributed by atoms with Gasteiger partial charge in [0.1, 0.15) is 32.7 Å². The molecule has 0 aliphatic carbocycles. The Morgan fingerprint density at radius 1 is 0.585 bits per heavy atom. The molecule has 2 N–H and O–H groups in total. The zero-order valence-electron chi connectivity index (χ0n) is 32.1. The predicted molar refractivity (Wildman–Crippen MR) is 206 cm³/mol. The number of rotatable bonds is 1. The van der Waals surface area contributed by atoms with Gasteiger partial charge in [-0.3, -0.25) is 0 Å². The number of ether oxygens (including phenoxy) is 5. The minimum absolute atomic E-state index is 0.248. The molecule has 0 aliphatic heterocycles. The number of imide groups is 1. The summed E-state index contributed by atoms with van der Waals surface area (Å²) in [6.45, 7) is 20.4. The fraction of sp³-hybridized carbons (Fsp3) is 0.421. The van der Waals surface area contributed by atoms with Crippen LogP contribution in [0.3, 0.4) is 0 Å². The number of pyridine rings is 2. The van der Waals surface area contributed by atoms with E-state index in [9.17, 15) is 19.2 Å². The van der Waals surface area contributed by atoms with Gasteiger partial charge < -0.3 is 29.4 Å². The van der Waals surface area contributed by atoms with Crippen LogP contribution in [0, 0.1) is 0 Å². The van der Waals surface area contributed by atoms with Crippen molar-refractivity contribution in [1.82, 2.24) is 9.97 Å². The monoisotopic (exact) mass is 774 g/mol. The van der Waals surface area contributed by atoms with Gasteiger partial charge in [-0.1, -0.05) is 47.5 Å². The van der Waals surface area contributed by atoms with Crippen molar-refractivity contribution < 1.29 is 42.9 Å². The van der Waals surface area contributed by atoms with E-state index in [0.717, 1.165) is 26.7 Å². The molecular weight excluding hydrogens is 727 g/mol. The Kier molecular flexibility index (Phi) is 14.8. The second-order valence-electron chi connectivity index (χ2n) is 15.4. The highest BCUT2D eigenvalue weighted by atomic mass is 35.5. The van der Waals surface area contributed by atoms with Gasteiger partial charge in [0.25, 0.3) is 0 Å². The number of hydrogen-bond donors (Lipinski definition) is 1. The molecule has 4 rings (SSSR count). The average molecular weight is 776 g/mol. The van der Waals surface area contributed by atoms with Crippen LogP contribution >= 0.6 is 23.2 Å². The standard InChI is InChI=1S/C19H23ClN2O4.C10H18O5.C9H7ClN2/c1-18(2,3)25-16(23)22(17(24)26-19(4,5)6)14-9-7-8-12-11-21-15(20)10-13(12)14;1-9(2,3)14-7(11)13-8(12)15-10(4,5)6;10-9-4-7-6(5-12-9)2-1-3-8(7)11/h7-11H,1-6H3;1-6H3;1-5H,11H2. The summed E-state index contributed by atoms with van der Waals surface area (Å²) < 4.78 is 24.6. The molecule has 0 bridgehead atoms. The van der Waals surface area contributed by atoms with Crippen LogP contribution in [-0.4, -0.2) is 56.9 Å². The molecule has 4 aromatic rings. The van der Waals surface area contributed by atoms with E-state index in [4.69, 9.17) is 47.9 Å². The van der Waals surface area contributed by atoms with Gasteiger partial charge in [-0.25, -0.2) is 29.1 Å². The Labute approximate surface area is 320 Å². The molecule has 0 unspecified atom stereocenters. The van der Waals surface area contributed by atoms with Crippen molar-refractivity contribution in [3.05, 3.63) is 71.2 Å². The molecule has 2 aromatic heterocycles. The Morgan fingerprint density at radius 3 is 1.38 bits per heavy atom. The summed E-state index contributed by atoms with van der Waals surface area (Å²) in [6.07, 6.45) is -0.481. The molecule has 0 atom stereocenters. The van der Waals surface area contributed by atoms with Gasteiger partial charge >= 0.3 is 24.5 Å². The maximum absolute atomic E-state index is 12.8. The first kappa shape index (κ1) is 44.3. The van der Waals surface area contributed by atoms with E-state index in [1.807, 2.05) is 24.3 Å². The van der Waals surface area contributed by atoms with E-state index in [-0.39, 0.29) is 5.15 Å². The SMILES string of the molecule is CC(C)(C)OC(=O)N(C(=O)OC(C)(C)C)c1cccc2cnc(Cl)cc12.CC(C)(C)OC(=O)OC(=O)OC(C)(C)C.Nc1cccc2cnc(Cl)cc12. The summed E-state index contributed by atoms with van der Waals surface area (Å²) in [5, 5.41) is 4.00. The van der Waals surface area contributed by atoms with Crippen LogP contribution in [0.15, 0.2) is 60.9 Å². The molecule has 0 fully saturated rings. The third-order valence-corrected chi connectivity index (χ3v) is 6.22. The topological polar surface area (TPSA) is 169 Å². The lowest BCUT2D eigenvalue weighted by molar-refractivity contribution is -0.0294. The van der Waals surface area contributed by atoms with Gasteiger partial charge in [-0.05, 0) is 107 Å². The number of amides is 2. The number of nitrogens with zero attached hydrogens (tertiary/aromatic N) is 3. The fourth-order valence-corrected chi connectivity index (χ4v) is 4.30. The number of nitrogen functional groups attached to an aromatic ring is 1. The summed E-state index contributed by atoms with van der Waals surface area (Å²) in [4.78, 5) is 56.4. The molecule has 0 saturated heterocycles. The number of fused-ring (bicyclic) bond motifs is 2. The third kappa shape index (κ3) is 16.1. The molecule has 288 valence electrons. The lowest BCUT2D eigenvalue weighted by Crippen LogP contribution is -2.43. The van der Waals surface area contributed by atoms with Crippen LogP contribution in [0.1, 0.15) is 83.1 Å². The molecule has 2 aromatic carbocycles. The smallest absolute Gasteiger partial charge is 0.443 e. The second kappa shape index (κ2) is 17.8. The van der Waals surface area contributed by atoms with Crippen LogP contribution in [0.4, 0.5) is 30.6 Å². The molecule has 15 heteroatoms. The van der Waals surface area contributed by atoms with E-state index in [1.54, 1.807) is 120 Å². The molecular formula is C38H48Cl2N4O9. The number of benzene rings is 2. The van der Waals surface area contributed by atoms with Crippen LogP contribution in [0.5, 0.6) is 0 Å². The van der Waals surface area contributed by atoms with Crippen molar-refractivity contribution >= 4 is 80.6 Å². The highest BCUT2D eigenvalue weighted by Crippen LogP contribution is 2.31. The lowest BCUT2D eigenvalue weighted by Gasteiger charge is -2.29. The number of aromatic nitrogens is 2. The molecule has 53 heavy (non-hydrogen) atoms. The number of halogens is 2. The Morgan fingerprint density at radius 2 is 0.962 bits per heavy atom. The third-order valence-electron chi connectivity index (χ3n) is 5.81. The summed E-state index contributed by atoms with van der Waals surface area (Å²) in [7, 11) is 0. The average Bonchev–Trinajstić information content (AvgIpc) is 2.95. The zero-order valence-corrected chi connectivity index (χ0v) is 33.6. The van der Waals surface area contributed by atoms with Gasteiger partial charge in [0.05, 0.1) is 5.69 Å². The van der Waals surface area contributed by atoms with Gasteiger partial charge in [0.15, 0.2) is 0 Å². The molecule has 2 heterocycles. The van der Waals surface area contributed by atoms with Crippen molar-refractivity contribution in [1.29, 1.82) is 0 Å². The first-order valence-electron chi connectivity index (χ1n) is 16.4. The van der Waals surface area contributed by atoms with E-state index >= 15 is 0 Å². The summed E-state index contributed by atoms with van der Waals surface area (Å²) in [6, 6.07) is 14.2. The highest BCUT2D eigenvalue weighted by Gasteiger charge is 2.33. The molecule has 0 saturated carbocycles. The van der Waals surface area contributed by atoms with Gasteiger partial charge in [0, 0.05) is 39.6 Å². The van der Waals surface area contributed by atoms with Crippen molar-refractivity contribution in [3.8, 4) is 0 Å². The Hall–Kier alpha value is -4.88. The number of anilines is 2. The fourth-order valence-electron chi connectivity index (χ4n) is 3.99. The van der Waals surface area contributed by atoms with Crippen LogP contribution in [0.2, 0.25) is 10.3 Å². The van der Waals surface area contributed by atoms with Crippen molar-refractivity contribution in [2.75, 3.05) is 10.6 Å². The number of hydrogen-bond acceptors (Lipinski definition) is 12. The van der Waals surface area contributed by atoms with E-state index in [0.29, 0.717) is 16.2 Å². The Balaban J connectivity index is 0.000000303. The van der Waals surface area contributed by atoms with Gasteiger partial charge in [-0.15, -0.1) is 0 Å². The summed E-state index contributed by atoms with van der Waals surface area (Å²) in [5.74, 6) is 0. The molecule has 0 aliphatic rings. The number of carbonyl (C=O) groups is 4. The van der Waals surface area contributed by atoms with E-state index < -0.39 is 46.9 Å². The molecule has 0 spiro atoms. The normalized spacial score (nSPS) is 11.6. The van der Waals surface area contributed by atoms with Crippen LogP contribution in [-0.2, 0) is 23.7 Å². The van der Waals surface area contributed by atoms with Crippen molar-refractivity contribution in [2.24, 2.45) is 0 Å². The maximum atomic E-state index is 12.8. The number of nitrogens with two attached hydrogens (primary N) is 1. The first-order chi connectivity index (χ1) is 24.1. The molecule has 2 amide bonds. The second-order valence-corrected chi connectivity index (χ2v) is 16.2. The molecule has 0 radical (unpaired) electrons. The van der Waals surface area contributed by atoms with Gasteiger partial charge in [0.2, 0.25) is 0 Å². The first-order valence-corrected chi connectivity index (χ1v) is 17.1.